The van der Waals surface area contributed by atoms with Crippen LogP contribution in [-0.4, -0.2) is 66.7 Å². The van der Waals surface area contributed by atoms with E-state index in [0.717, 1.165) is 33.7 Å². The molecule has 226 valence electrons. The van der Waals surface area contributed by atoms with Gasteiger partial charge in [-0.15, -0.1) is 0 Å². The summed E-state index contributed by atoms with van der Waals surface area (Å²) in [5.74, 6) is 1.49. The second kappa shape index (κ2) is 13.9. The molecule has 1 amide bonds. The van der Waals surface area contributed by atoms with Crippen molar-refractivity contribution in [1.29, 1.82) is 0 Å². The fraction of sp³-hybridized carbons (Fsp3) is 0.531. The van der Waals surface area contributed by atoms with Gasteiger partial charge in [0, 0.05) is 23.7 Å². The largest absolute Gasteiger partial charge is 0.491 e. The third-order valence-corrected chi connectivity index (χ3v) is 11.6. The van der Waals surface area contributed by atoms with Crippen molar-refractivity contribution in [3.05, 3.63) is 48.5 Å². The van der Waals surface area contributed by atoms with Crippen LogP contribution in [0.25, 0.3) is 22.3 Å². The first kappa shape index (κ1) is 32.7. The standard InChI is InChI=1S/C32H47NO7Si/c1-31(2,3)40-30(34)33(7)26-12-10-24(11-13-26)29-23-25-22-27(14-15-28(25)39-29)37-20-18-35-16-17-36-19-21-38-41(8,9)32(4,5)6/h10-15,22-23H,16-21H2,1-9H3. The topological polar surface area (TPSA) is 79.6 Å². The summed E-state index contributed by atoms with van der Waals surface area (Å²) in [6, 6.07) is 15.3. The lowest BCUT2D eigenvalue weighted by Crippen LogP contribution is -2.41. The Kier molecular flexibility index (Phi) is 11.1. The number of hydrogen-bond acceptors (Lipinski definition) is 7. The predicted molar refractivity (Wildman–Crippen MR) is 167 cm³/mol. The first-order valence-electron chi connectivity index (χ1n) is 14.2. The van der Waals surface area contributed by atoms with Gasteiger partial charge in [-0.3, -0.25) is 4.90 Å². The summed E-state index contributed by atoms with van der Waals surface area (Å²) in [6.07, 6.45) is -0.400. The highest BCUT2D eigenvalue weighted by molar-refractivity contribution is 6.74. The molecular weight excluding hydrogens is 538 g/mol. The average Bonchev–Trinajstić information content (AvgIpc) is 3.31. The average molecular weight is 586 g/mol. The molecule has 0 spiro atoms. The molecule has 0 aliphatic heterocycles. The molecule has 0 N–H and O–H groups in total. The van der Waals surface area contributed by atoms with Gasteiger partial charge in [-0.05, 0) is 87.4 Å². The van der Waals surface area contributed by atoms with Gasteiger partial charge in [-0.1, -0.05) is 20.8 Å². The predicted octanol–water partition coefficient (Wildman–Crippen LogP) is 7.90. The van der Waals surface area contributed by atoms with Crippen molar-refractivity contribution in [1.82, 2.24) is 0 Å². The molecule has 0 aliphatic carbocycles. The molecule has 0 saturated carbocycles. The molecule has 1 aromatic heterocycles. The molecule has 0 unspecified atom stereocenters. The van der Waals surface area contributed by atoms with Crippen molar-refractivity contribution < 1.29 is 32.6 Å². The number of amides is 1. The maximum atomic E-state index is 12.3. The fourth-order valence-electron chi connectivity index (χ4n) is 3.65. The molecule has 0 atom stereocenters. The molecule has 0 radical (unpaired) electrons. The molecule has 3 rings (SSSR count). The highest BCUT2D eigenvalue weighted by atomic mass is 28.4. The monoisotopic (exact) mass is 585 g/mol. The maximum absolute atomic E-state index is 12.3. The van der Waals surface area contributed by atoms with Crippen LogP contribution in [0.5, 0.6) is 5.75 Å². The van der Waals surface area contributed by atoms with Crippen molar-refractivity contribution in [3.63, 3.8) is 0 Å². The van der Waals surface area contributed by atoms with Crippen LogP contribution in [0.4, 0.5) is 10.5 Å². The normalized spacial score (nSPS) is 12.5. The van der Waals surface area contributed by atoms with E-state index in [4.69, 9.17) is 27.8 Å². The maximum Gasteiger partial charge on any atom is 0.414 e. The summed E-state index contributed by atoms with van der Waals surface area (Å²) >= 11 is 0. The summed E-state index contributed by atoms with van der Waals surface area (Å²) in [7, 11) is -0.0294. The molecule has 41 heavy (non-hydrogen) atoms. The Morgan fingerprint density at radius 3 is 2.05 bits per heavy atom. The van der Waals surface area contributed by atoms with Crippen molar-refractivity contribution in [3.8, 4) is 17.1 Å². The van der Waals surface area contributed by atoms with Crippen LogP contribution in [0.3, 0.4) is 0 Å². The summed E-state index contributed by atoms with van der Waals surface area (Å²) in [4.78, 5) is 13.8. The van der Waals surface area contributed by atoms with E-state index < -0.39 is 20.0 Å². The SMILES string of the molecule is CN(C(=O)OC(C)(C)C)c1ccc(-c2cc3cc(OCCOCCOCCO[Si](C)(C)C(C)(C)C)ccc3o2)cc1. The number of nitrogens with zero attached hydrogens (tertiary/aromatic N) is 1. The number of ether oxygens (including phenoxy) is 4. The number of anilines is 1. The Balaban J connectivity index is 1.40. The zero-order chi connectivity index (χ0) is 30.3. The quantitative estimate of drug-likeness (QED) is 0.149. The fourth-order valence-corrected chi connectivity index (χ4v) is 4.68. The Morgan fingerprint density at radius 1 is 0.829 bits per heavy atom. The van der Waals surface area contributed by atoms with E-state index in [9.17, 15) is 4.79 Å². The molecule has 0 bridgehead atoms. The minimum absolute atomic E-state index is 0.204. The molecule has 0 saturated heterocycles. The summed E-state index contributed by atoms with van der Waals surface area (Å²) in [5, 5.41) is 1.15. The second-order valence-electron chi connectivity index (χ2n) is 12.6. The van der Waals surface area contributed by atoms with E-state index in [2.05, 4.69) is 33.9 Å². The molecule has 0 aliphatic rings. The third-order valence-electron chi connectivity index (χ3n) is 7.06. The van der Waals surface area contributed by atoms with Crippen LogP contribution >= 0.6 is 0 Å². The van der Waals surface area contributed by atoms with Crippen molar-refractivity contribution in [2.75, 3.05) is 51.6 Å². The molecule has 8 nitrogen and oxygen atoms in total. The van der Waals surface area contributed by atoms with E-state index in [1.807, 2.05) is 69.3 Å². The molecule has 9 heteroatoms. The molecule has 0 fully saturated rings. The highest BCUT2D eigenvalue weighted by Gasteiger charge is 2.36. The number of carbonyl (C=O) groups is 1. The van der Waals surface area contributed by atoms with Gasteiger partial charge in [-0.2, -0.15) is 0 Å². The van der Waals surface area contributed by atoms with Gasteiger partial charge in [0.05, 0.1) is 33.0 Å². The van der Waals surface area contributed by atoms with E-state index in [1.54, 1.807) is 7.05 Å². The summed E-state index contributed by atoms with van der Waals surface area (Å²) in [5.41, 5.74) is 1.87. The first-order valence-corrected chi connectivity index (χ1v) is 17.1. The lowest BCUT2D eigenvalue weighted by molar-refractivity contribution is 0.0260. The van der Waals surface area contributed by atoms with Gasteiger partial charge >= 0.3 is 6.09 Å². The summed E-state index contributed by atoms with van der Waals surface area (Å²) < 4.78 is 34.7. The molecule has 2 aromatic carbocycles. The van der Waals surface area contributed by atoms with Crippen LogP contribution in [0, 0.1) is 0 Å². The smallest absolute Gasteiger partial charge is 0.414 e. The van der Waals surface area contributed by atoms with Gasteiger partial charge in [-0.25, -0.2) is 4.79 Å². The zero-order valence-electron chi connectivity index (χ0n) is 26.2. The van der Waals surface area contributed by atoms with Crippen LogP contribution in [0.15, 0.2) is 52.9 Å². The molecule has 1 heterocycles. The van der Waals surface area contributed by atoms with E-state index in [-0.39, 0.29) is 5.04 Å². The molecule has 3 aromatic rings. The van der Waals surface area contributed by atoms with Gasteiger partial charge in [0.2, 0.25) is 0 Å². The Labute approximate surface area is 246 Å². The van der Waals surface area contributed by atoms with Crippen LogP contribution < -0.4 is 9.64 Å². The third kappa shape index (κ3) is 9.88. The lowest BCUT2D eigenvalue weighted by Gasteiger charge is -2.36. The number of fused-ring (bicyclic) bond motifs is 1. The number of rotatable bonds is 13. The molecular formula is C32H47NO7Si. The van der Waals surface area contributed by atoms with E-state index in [1.165, 1.54) is 4.90 Å². The second-order valence-corrected chi connectivity index (χ2v) is 17.4. The Bertz CT molecular complexity index is 1260. The Hall–Kier alpha value is -2.85. The minimum Gasteiger partial charge on any atom is -0.491 e. The van der Waals surface area contributed by atoms with Gasteiger partial charge in [0.15, 0.2) is 8.32 Å². The number of benzene rings is 2. The van der Waals surface area contributed by atoms with E-state index >= 15 is 0 Å². The van der Waals surface area contributed by atoms with Crippen LogP contribution in [-0.2, 0) is 18.6 Å². The van der Waals surface area contributed by atoms with Crippen molar-refractivity contribution >= 4 is 31.1 Å². The number of hydrogen-bond donors (Lipinski definition) is 0. The lowest BCUT2D eigenvalue weighted by atomic mass is 10.1. The Morgan fingerprint density at radius 2 is 1.44 bits per heavy atom. The van der Waals surface area contributed by atoms with Crippen molar-refractivity contribution in [2.24, 2.45) is 0 Å². The highest BCUT2D eigenvalue weighted by Crippen LogP contribution is 2.36. The van der Waals surface area contributed by atoms with Crippen LogP contribution in [0.2, 0.25) is 18.1 Å². The van der Waals surface area contributed by atoms with Gasteiger partial charge in [0.25, 0.3) is 0 Å². The van der Waals surface area contributed by atoms with E-state index in [0.29, 0.717) is 39.6 Å². The van der Waals surface area contributed by atoms with Crippen molar-refractivity contribution in [2.45, 2.75) is 65.3 Å². The zero-order valence-corrected chi connectivity index (χ0v) is 27.2. The number of furan rings is 1. The van der Waals surface area contributed by atoms with Gasteiger partial charge in [0.1, 0.15) is 29.3 Å². The van der Waals surface area contributed by atoms with Gasteiger partial charge < -0.3 is 27.8 Å². The summed E-state index contributed by atoms with van der Waals surface area (Å²) in [6.45, 7) is 19.9. The van der Waals surface area contributed by atoms with Crippen LogP contribution in [0.1, 0.15) is 41.5 Å². The first-order chi connectivity index (χ1) is 19.2. The minimum atomic E-state index is -1.72. The number of carbonyl (C=O) groups excluding carboxylic acids is 1.